The van der Waals surface area contributed by atoms with Crippen LogP contribution in [0.25, 0.3) is 0 Å². The van der Waals surface area contributed by atoms with Crippen LogP contribution >= 0.6 is 0 Å². The Morgan fingerprint density at radius 1 is 1.16 bits per heavy atom. The molecule has 0 spiro atoms. The Balaban J connectivity index is 2.44. The maximum atomic E-state index is 12.2. The molecule has 0 N–H and O–H groups in total. The predicted octanol–water partition coefficient (Wildman–Crippen LogP) is 2.43. The summed E-state index contributed by atoms with van der Waals surface area (Å²) in [6.45, 7) is 8.03. The summed E-state index contributed by atoms with van der Waals surface area (Å²) in [6, 6.07) is 0.217. The summed E-state index contributed by atoms with van der Waals surface area (Å²) in [5, 5.41) is 0. The van der Waals surface area contributed by atoms with Gasteiger partial charge in [0, 0.05) is 39.0 Å². The van der Waals surface area contributed by atoms with E-state index in [1.54, 1.807) is 6.92 Å². The minimum Gasteiger partial charge on any atom is -0.343 e. The lowest BCUT2D eigenvalue weighted by molar-refractivity contribution is -0.134. The van der Waals surface area contributed by atoms with E-state index in [1.165, 1.54) is 12.8 Å². The number of nitrogens with zero attached hydrogens (tertiary/aromatic N) is 2. The van der Waals surface area contributed by atoms with E-state index in [0.29, 0.717) is 13.0 Å². The Labute approximate surface area is 117 Å². The largest absolute Gasteiger partial charge is 0.343 e. The van der Waals surface area contributed by atoms with Gasteiger partial charge in [-0.25, -0.2) is 0 Å². The van der Waals surface area contributed by atoms with E-state index in [1.807, 2.05) is 16.7 Å². The molecule has 0 aromatic carbocycles. The van der Waals surface area contributed by atoms with Crippen molar-refractivity contribution in [1.29, 1.82) is 0 Å². The molecule has 4 heteroatoms. The van der Waals surface area contributed by atoms with Gasteiger partial charge in [0.1, 0.15) is 0 Å². The second kappa shape index (κ2) is 8.18. The van der Waals surface area contributed by atoms with Gasteiger partial charge in [0.25, 0.3) is 0 Å². The lowest BCUT2D eigenvalue weighted by Crippen LogP contribution is -2.40. The maximum Gasteiger partial charge on any atom is 0.224 e. The molecular weight excluding hydrogens is 240 g/mol. The first-order valence-electron chi connectivity index (χ1n) is 7.61. The van der Waals surface area contributed by atoms with E-state index >= 15 is 0 Å². The minimum atomic E-state index is 0.0676. The van der Waals surface area contributed by atoms with Gasteiger partial charge in [0.2, 0.25) is 11.8 Å². The quantitative estimate of drug-likeness (QED) is 0.768. The molecule has 0 radical (unpaired) electrons. The van der Waals surface area contributed by atoms with E-state index in [4.69, 9.17) is 0 Å². The summed E-state index contributed by atoms with van der Waals surface area (Å²) >= 11 is 0. The van der Waals surface area contributed by atoms with Gasteiger partial charge in [0.15, 0.2) is 0 Å². The zero-order valence-corrected chi connectivity index (χ0v) is 12.7. The van der Waals surface area contributed by atoms with Crippen LogP contribution in [0.15, 0.2) is 0 Å². The first-order valence-corrected chi connectivity index (χ1v) is 7.61. The van der Waals surface area contributed by atoms with Gasteiger partial charge in [-0.3, -0.25) is 9.59 Å². The van der Waals surface area contributed by atoms with Crippen LogP contribution < -0.4 is 0 Å². The molecule has 1 saturated heterocycles. The summed E-state index contributed by atoms with van der Waals surface area (Å²) < 4.78 is 0. The van der Waals surface area contributed by atoms with Crippen LogP contribution in [-0.4, -0.2) is 47.3 Å². The lowest BCUT2D eigenvalue weighted by atomic mass is 10.2. The fraction of sp³-hybridized carbons (Fsp3) is 0.867. The second-order valence-electron chi connectivity index (χ2n) is 5.51. The van der Waals surface area contributed by atoms with Gasteiger partial charge in [-0.05, 0) is 26.2 Å². The number of hydrogen-bond donors (Lipinski definition) is 0. The average Bonchev–Trinajstić information content (AvgIpc) is 2.66. The molecule has 1 fully saturated rings. The van der Waals surface area contributed by atoms with Crippen LogP contribution in [0.5, 0.6) is 0 Å². The lowest BCUT2D eigenvalue weighted by Gasteiger charge is -2.28. The zero-order chi connectivity index (χ0) is 14.3. The van der Waals surface area contributed by atoms with Gasteiger partial charge in [-0.1, -0.05) is 19.8 Å². The molecular formula is C15H28N2O2. The predicted molar refractivity (Wildman–Crippen MR) is 76.8 cm³/mol. The van der Waals surface area contributed by atoms with E-state index in [-0.39, 0.29) is 17.9 Å². The van der Waals surface area contributed by atoms with Crippen molar-refractivity contribution in [2.45, 2.75) is 65.3 Å². The van der Waals surface area contributed by atoms with Gasteiger partial charge < -0.3 is 9.80 Å². The fourth-order valence-corrected chi connectivity index (χ4v) is 2.60. The molecule has 1 atom stereocenters. The molecule has 1 aliphatic heterocycles. The molecule has 1 heterocycles. The maximum absolute atomic E-state index is 12.2. The molecule has 4 nitrogen and oxygen atoms in total. The highest BCUT2D eigenvalue weighted by Crippen LogP contribution is 2.12. The molecule has 19 heavy (non-hydrogen) atoms. The van der Waals surface area contributed by atoms with Crippen molar-refractivity contribution in [1.82, 2.24) is 9.80 Å². The van der Waals surface area contributed by atoms with E-state index in [2.05, 4.69) is 6.92 Å². The van der Waals surface area contributed by atoms with E-state index in [0.717, 1.165) is 32.4 Å². The Morgan fingerprint density at radius 2 is 1.74 bits per heavy atom. The monoisotopic (exact) mass is 268 g/mol. The molecule has 110 valence electrons. The van der Waals surface area contributed by atoms with Gasteiger partial charge >= 0.3 is 0 Å². The number of amides is 2. The first kappa shape index (κ1) is 16.0. The third-order valence-electron chi connectivity index (χ3n) is 4.05. The smallest absolute Gasteiger partial charge is 0.224 e. The van der Waals surface area contributed by atoms with Crippen LogP contribution in [-0.2, 0) is 9.59 Å². The Hall–Kier alpha value is -1.06. The number of hydrogen-bond acceptors (Lipinski definition) is 2. The molecule has 1 rings (SSSR count). The first-order chi connectivity index (χ1) is 9.06. The third-order valence-corrected chi connectivity index (χ3v) is 4.05. The number of rotatable bonds is 5. The Morgan fingerprint density at radius 3 is 2.21 bits per heavy atom. The zero-order valence-electron chi connectivity index (χ0n) is 12.7. The van der Waals surface area contributed by atoms with Crippen molar-refractivity contribution in [3.8, 4) is 0 Å². The number of carbonyl (C=O) groups excluding carboxylic acids is 2. The van der Waals surface area contributed by atoms with Crippen LogP contribution in [0.2, 0.25) is 0 Å². The van der Waals surface area contributed by atoms with Crippen molar-refractivity contribution in [2.75, 3.05) is 19.6 Å². The molecule has 0 saturated carbocycles. The summed E-state index contributed by atoms with van der Waals surface area (Å²) in [4.78, 5) is 27.6. The van der Waals surface area contributed by atoms with Gasteiger partial charge in [-0.2, -0.15) is 0 Å². The highest BCUT2D eigenvalue weighted by Gasteiger charge is 2.19. The normalized spacial score (nSPS) is 17.7. The van der Waals surface area contributed by atoms with E-state index < -0.39 is 0 Å². The molecule has 0 aromatic heterocycles. The molecule has 2 amide bonds. The minimum absolute atomic E-state index is 0.0676. The highest BCUT2D eigenvalue weighted by molar-refractivity contribution is 5.78. The van der Waals surface area contributed by atoms with Crippen LogP contribution in [0.1, 0.15) is 59.3 Å². The Kier molecular flexibility index (Phi) is 6.89. The summed E-state index contributed by atoms with van der Waals surface area (Å²) in [5.74, 6) is 0.273. The van der Waals surface area contributed by atoms with Crippen molar-refractivity contribution in [3.05, 3.63) is 0 Å². The molecule has 1 aliphatic rings. The van der Waals surface area contributed by atoms with Crippen molar-refractivity contribution in [2.24, 2.45) is 0 Å². The number of likely N-dealkylation sites (tertiary alicyclic amines) is 1. The van der Waals surface area contributed by atoms with Gasteiger partial charge in [-0.15, -0.1) is 0 Å². The molecule has 1 unspecified atom stereocenters. The van der Waals surface area contributed by atoms with Gasteiger partial charge in [0.05, 0.1) is 0 Å². The third kappa shape index (κ3) is 5.21. The average molecular weight is 268 g/mol. The van der Waals surface area contributed by atoms with Crippen molar-refractivity contribution < 1.29 is 9.59 Å². The fourth-order valence-electron chi connectivity index (χ4n) is 2.60. The Bertz CT molecular complexity index is 297. The summed E-state index contributed by atoms with van der Waals surface area (Å²) in [5.41, 5.74) is 0. The molecule has 0 aromatic rings. The standard InChI is InChI=1S/C15H28N2O2/c1-4-13(2)17(14(3)18)12-9-15(19)16-10-7-5-6-8-11-16/h13H,4-12H2,1-3H3. The summed E-state index contributed by atoms with van der Waals surface area (Å²) in [7, 11) is 0. The highest BCUT2D eigenvalue weighted by atomic mass is 16.2. The molecule has 0 aliphatic carbocycles. The van der Waals surface area contributed by atoms with Crippen LogP contribution in [0.3, 0.4) is 0 Å². The second-order valence-corrected chi connectivity index (χ2v) is 5.51. The number of carbonyl (C=O) groups is 2. The molecule has 0 bridgehead atoms. The summed E-state index contributed by atoms with van der Waals surface area (Å²) in [6.07, 6.45) is 6.09. The van der Waals surface area contributed by atoms with Crippen LogP contribution in [0, 0.1) is 0 Å². The van der Waals surface area contributed by atoms with Crippen molar-refractivity contribution >= 4 is 11.8 Å². The van der Waals surface area contributed by atoms with E-state index in [9.17, 15) is 9.59 Å². The SMILES string of the molecule is CCC(C)N(CCC(=O)N1CCCCCC1)C(C)=O. The topological polar surface area (TPSA) is 40.6 Å². The van der Waals surface area contributed by atoms with Crippen LogP contribution in [0.4, 0.5) is 0 Å². The van der Waals surface area contributed by atoms with Crippen molar-refractivity contribution in [3.63, 3.8) is 0 Å².